The average molecular weight is 378 g/mol. The van der Waals surface area contributed by atoms with Gasteiger partial charge in [-0.25, -0.2) is 0 Å². The first-order valence-electron chi connectivity index (χ1n) is 10.2. The second kappa shape index (κ2) is 5.36. The molecule has 0 radical (unpaired) electrons. The summed E-state index contributed by atoms with van der Waals surface area (Å²) < 4.78 is 6.78. The lowest BCUT2D eigenvalue weighted by atomic mass is 9.50. The zero-order valence-electron chi connectivity index (χ0n) is 16.0. The monoisotopic (exact) mass is 378 g/mol. The second-order valence-corrected chi connectivity index (χ2v) is 9.04. The van der Waals surface area contributed by atoms with Gasteiger partial charge in [0.2, 0.25) is 0 Å². The molecule has 146 valence electrons. The summed E-state index contributed by atoms with van der Waals surface area (Å²) in [6.45, 7) is 0.968. The minimum atomic E-state index is -0.950. The van der Waals surface area contributed by atoms with E-state index in [1.54, 1.807) is 0 Å². The summed E-state index contributed by atoms with van der Waals surface area (Å²) in [5.41, 5.74) is 8.78. The molecule has 6 rings (SSSR count). The molecule has 2 aliphatic heterocycles. The van der Waals surface area contributed by atoms with Crippen LogP contribution in [0.1, 0.15) is 18.4 Å². The van der Waals surface area contributed by atoms with Crippen molar-refractivity contribution in [3.05, 3.63) is 65.3 Å². The summed E-state index contributed by atoms with van der Waals surface area (Å²) >= 11 is 0. The fourth-order valence-corrected chi connectivity index (χ4v) is 6.77. The molecule has 7 atom stereocenters. The van der Waals surface area contributed by atoms with Crippen molar-refractivity contribution in [1.29, 1.82) is 0 Å². The maximum atomic E-state index is 11.3. The molecule has 2 fully saturated rings. The summed E-state index contributed by atoms with van der Waals surface area (Å²) in [6, 6.07) is 8.05. The summed E-state index contributed by atoms with van der Waals surface area (Å²) in [7, 11) is 2.20. The minimum Gasteiger partial charge on any atom is -0.399 e. The third-order valence-corrected chi connectivity index (χ3v) is 7.92. The van der Waals surface area contributed by atoms with Crippen LogP contribution < -0.4 is 5.73 Å². The van der Waals surface area contributed by atoms with E-state index in [-0.39, 0.29) is 17.4 Å². The van der Waals surface area contributed by atoms with Crippen LogP contribution in [0.2, 0.25) is 0 Å². The first-order chi connectivity index (χ1) is 13.5. The Morgan fingerprint density at radius 3 is 2.71 bits per heavy atom. The zero-order valence-corrected chi connectivity index (χ0v) is 16.0. The largest absolute Gasteiger partial charge is 0.399 e. The summed E-state index contributed by atoms with van der Waals surface area (Å²) in [4.78, 5) is 2.45. The number of rotatable bonds is 1. The Labute approximate surface area is 164 Å². The number of benzene rings is 1. The first kappa shape index (κ1) is 17.0. The topological polar surface area (TPSA) is 79.0 Å². The molecule has 1 aromatic rings. The number of nitrogens with zero attached hydrogens (tertiary/aromatic N) is 1. The molecule has 4 N–H and O–H groups in total. The van der Waals surface area contributed by atoms with E-state index in [2.05, 4.69) is 24.1 Å². The van der Waals surface area contributed by atoms with Gasteiger partial charge < -0.3 is 25.6 Å². The number of nitrogens with two attached hydrogens (primary N) is 1. The molecule has 2 saturated heterocycles. The van der Waals surface area contributed by atoms with Gasteiger partial charge in [-0.3, -0.25) is 0 Å². The maximum Gasteiger partial charge on any atom is 0.145 e. The van der Waals surface area contributed by atoms with Gasteiger partial charge in [-0.1, -0.05) is 36.4 Å². The number of likely N-dealkylation sites (tertiary alicyclic amines) is 1. The molecule has 5 nitrogen and oxygen atoms in total. The van der Waals surface area contributed by atoms with Gasteiger partial charge in [-0.2, -0.15) is 0 Å². The molecule has 0 amide bonds. The van der Waals surface area contributed by atoms with Gasteiger partial charge in [-0.15, -0.1) is 0 Å². The predicted octanol–water partition coefficient (Wildman–Crippen LogP) is 1.73. The van der Waals surface area contributed by atoms with E-state index in [0.717, 1.165) is 24.9 Å². The molecule has 5 heteroatoms. The number of aliphatic hydroxyl groups is 2. The molecule has 2 bridgehead atoms. The van der Waals surface area contributed by atoms with Crippen LogP contribution >= 0.6 is 0 Å². The fourth-order valence-electron chi connectivity index (χ4n) is 6.77. The minimum absolute atomic E-state index is 0.272. The van der Waals surface area contributed by atoms with Crippen LogP contribution in [0.5, 0.6) is 0 Å². The summed E-state index contributed by atoms with van der Waals surface area (Å²) in [6.07, 6.45) is 8.11. The third-order valence-electron chi connectivity index (χ3n) is 7.92. The third kappa shape index (κ3) is 1.77. The highest BCUT2D eigenvalue weighted by atomic mass is 16.5. The Bertz CT molecular complexity index is 936. The van der Waals surface area contributed by atoms with E-state index >= 15 is 0 Å². The Balaban J connectivity index is 1.66. The van der Waals surface area contributed by atoms with Gasteiger partial charge in [0.05, 0.1) is 12.2 Å². The summed E-state index contributed by atoms with van der Waals surface area (Å²) in [5.74, 6) is 0.285. The van der Waals surface area contributed by atoms with Gasteiger partial charge in [0.25, 0.3) is 0 Å². The van der Waals surface area contributed by atoms with Gasteiger partial charge in [-0.05, 0) is 55.3 Å². The zero-order chi connectivity index (χ0) is 19.3. The molecule has 2 heterocycles. The summed E-state index contributed by atoms with van der Waals surface area (Å²) in [5, 5.41) is 22.2. The van der Waals surface area contributed by atoms with Crippen molar-refractivity contribution in [2.45, 2.75) is 42.8 Å². The van der Waals surface area contributed by atoms with E-state index in [4.69, 9.17) is 10.5 Å². The van der Waals surface area contributed by atoms with Crippen LogP contribution in [0.15, 0.2) is 59.7 Å². The molecular formula is C23H26N2O3. The smallest absolute Gasteiger partial charge is 0.145 e. The van der Waals surface area contributed by atoms with Crippen molar-refractivity contribution in [3.8, 4) is 0 Å². The van der Waals surface area contributed by atoms with Gasteiger partial charge in [0, 0.05) is 23.1 Å². The standard InChI is InChI=1S/C23H26N2O3/c1-25-11-10-22-16-7-8-18(26)21(22)28-23(14-3-5-15(24)6-4-14)19(27)9-2-13(20(22)23)12-17(16)25/h2-9,16-19,21,26-27H,10-12,24H2,1H3/t16-,17+,18-,19?,21-,22-,23?/m0/s1. The van der Waals surface area contributed by atoms with Crippen molar-refractivity contribution in [3.63, 3.8) is 0 Å². The highest BCUT2D eigenvalue weighted by Gasteiger charge is 2.71. The molecule has 1 spiro atoms. The number of hydrogen-bond acceptors (Lipinski definition) is 5. The van der Waals surface area contributed by atoms with Crippen molar-refractivity contribution in [2.24, 2.45) is 11.3 Å². The number of nitrogen functional groups attached to an aromatic ring is 1. The van der Waals surface area contributed by atoms with Crippen molar-refractivity contribution in [1.82, 2.24) is 4.90 Å². The maximum absolute atomic E-state index is 11.3. The average Bonchev–Trinajstić information content (AvgIpc) is 3.01. The van der Waals surface area contributed by atoms with Crippen molar-refractivity contribution in [2.75, 3.05) is 19.3 Å². The second-order valence-electron chi connectivity index (χ2n) is 9.04. The van der Waals surface area contributed by atoms with Crippen molar-refractivity contribution < 1.29 is 14.9 Å². The van der Waals surface area contributed by atoms with E-state index in [9.17, 15) is 10.2 Å². The van der Waals surface area contributed by atoms with Gasteiger partial charge in [0.15, 0.2) is 0 Å². The Morgan fingerprint density at radius 2 is 1.93 bits per heavy atom. The Hall–Kier alpha value is -1.92. The Morgan fingerprint density at radius 1 is 1.14 bits per heavy atom. The van der Waals surface area contributed by atoms with Crippen molar-refractivity contribution >= 4 is 5.69 Å². The highest BCUT2D eigenvalue weighted by Crippen LogP contribution is 2.69. The normalized spacial score (nSPS) is 46.0. The SMILES string of the molecule is CN1CC[C@]23C4=C5C=CC(O)C4(c4ccc(N)cc4)O[C@H]2[C@@H](O)C=C[C@H]3[C@H]1C5. The molecule has 1 aromatic carbocycles. The lowest BCUT2D eigenvalue weighted by molar-refractivity contribution is -0.144. The molecule has 3 aliphatic carbocycles. The fraction of sp³-hybridized carbons (Fsp3) is 0.478. The van der Waals surface area contributed by atoms with Crippen LogP contribution in [-0.4, -0.2) is 53.1 Å². The quantitative estimate of drug-likeness (QED) is 0.512. The lowest BCUT2D eigenvalue weighted by Crippen LogP contribution is -2.62. The molecule has 5 aliphatic rings. The molecule has 2 unspecified atom stereocenters. The molecular weight excluding hydrogens is 352 g/mol. The van der Waals surface area contributed by atoms with E-state index in [1.165, 1.54) is 11.1 Å². The molecule has 0 aromatic heterocycles. The van der Waals surface area contributed by atoms with Crippen LogP contribution in [0.3, 0.4) is 0 Å². The molecule has 28 heavy (non-hydrogen) atoms. The van der Waals surface area contributed by atoms with E-state index in [0.29, 0.717) is 11.7 Å². The Kier molecular flexibility index (Phi) is 3.25. The number of hydrogen-bond donors (Lipinski definition) is 3. The lowest BCUT2D eigenvalue weighted by Gasteiger charge is -2.58. The first-order valence-corrected chi connectivity index (χ1v) is 10.2. The number of piperidine rings is 1. The van der Waals surface area contributed by atoms with Crippen LogP contribution in [0, 0.1) is 11.3 Å². The predicted molar refractivity (Wildman–Crippen MR) is 106 cm³/mol. The van der Waals surface area contributed by atoms with Crippen LogP contribution in [-0.2, 0) is 10.3 Å². The van der Waals surface area contributed by atoms with E-state index < -0.39 is 17.8 Å². The number of aliphatic hydroxyl groups excluding tert-OH is 2. The van der Waals surface area contributed by atoms with Gasteiger partial charge >= 0.3 is 0 Å². The number of allylic oxidation sites excluding steroid dienone is 1. The number of anilines is 1. The van der Waals surface area contributed by atoms with Gasteiger partial charge in [0.1, 0.15) is 11.7 Å². The highest BCUT2D eigenvalue weighted by molar-refractivity contribution is 5.57. The van der Waals surface area contributed by atoms with Crippen LogP contribution in [0.4, 0.5) is 5.69 Å². The van der Waals surface area contributed by atoms with Crippen LogP contribution in [0.25, 0.3) is 0 Å². The number of ether oxygens (including phenoxy) is 1. The van der Waals surface area contributed by atoms with E-state index in [1.807, 2.05) is 36.4 Å². The molecule has 0 saturated carbocycles.